The fraction of sp³-hybridized carbons (Fsp3) is 0.333. The van der Waals surface area contributed by atoms with E-state index in [1.54, 1.807) is 0 Å². The van der Waals surface area contributed by atoms with E-state index >= 15 is 0 Å². The Balaban J connectivity index is 2.98. The van der Waals surface area contributed by atoms with Gasteiger partial charge in [0.25, 0.3) is 0 Å². The molecule has 0 spiro atoms. The lowest BCUT2D eigenvalue weighted by molar-refractivity contribution is -0.139. The molecule has 100 valence electrons. The second kappa shape index (κ2) is 5.19. The lowest BCUT2D eigenvalue weighted by Crippen LogP contribution is -2.30. The number of hydrogen-bond donors (Lipinski definition) is 2. The van der Waals surface area contributed by atoms with Crippen LogP contribution in [0.2, 0.25) is 0 Å². The summed E-state index contributed by atoms with van der Waals surface area (Å²) in [5, 5.41) is 8.66. The maximum atomic E-state index is 11.7. The van der Waals surface area contributed by atoms with Crippen molar-refractivity contribution in [2.45, 2.75) is 11.8 Å². The smallest absolute Gasteiger partial charge is 0.371 e. The van der Waals surface area contributed by atoms with Gasteiger partial charge in [-0.1, -0.05) is 0 Å². The van der Waals surface area contributed by atoms with Gasteiger partial charge in [0, 0.05) is 6.07 Å². The van der Waals surface area contributed by atoms with Crippen LogP contribution in [0.4, 0.5) is 0 Å². The Morgan fingerprint density at radius 1 is 1.50 bits per heavy atom. The van der Waals surface area contributed by atoms with Crippen molar-refractivity contribution in [3.8, 4) is 0 Å². The molecule has 0 saturated heterocycles. The Kier molecular flexibility index (Phi) is 4.09. The van der Waals surface area contributed by atoms with Gasteiger partial charge in [0.2, 0.25) is 15.8 Å². The van der Waals surface area contributed by atoms with Gasteiger partial charge in [0.1, 0.15) is 17.2 Å². The fourth-order valence-corrected chi connectivity index (χ4v) is 2.29. The Morgan fingerprint density at radius 2 is 2.11 bits per heavy atom. The van der Waals surface area contributed by atoms with Crippen LogP contribution in [-0.2, 0) is 19.6 Å². The zero-order valence-electron chi connectivity index (χ0n) is 9.59. The number of carbonyl (C=O) groups excluding carboxylic acids is 1. The number of esters is 1. The first-order chi connectivity index (χ1) is 8.27. The summed E-state index contributed by atoms with van der Waals surface area (Å²) in [4.78, 5) is 21.1. The third-order valence-corrected chi connectivity index (χ3v) is 3.52. The number of carbonyl (C=O) groups is 2. The lowest BCUT2D eigenvalue weighted by atomic mass is 10.4. The molecule has 18 heavy (non-hydrogen) atoms. The highest BCUT2D eigenvalue weighted by molar-refractivity contribution is 7.89. The maximum absolute atomic E-state index is 11.7. The standard InChI is InChI=1S/C9H11NO7S/c1-5-7(3-6(17-5)9(12)13)18(14,15)10-4-8(11)16-2/h3,10H,4H2,1-2H3,(H,12,13). The zero-order chi connectivity index (χ0) is 13.9. The van der Waals surface area contributed by atoms with Crippen molar-refractivity contribution in [2.24, 2.45) is 0 Å². The van der Waals surface area contributed by atoms with E-state index in [2.05, 4.69) is 4.74 Å². The minimum atomic E-state index is -4.02. The fourth-order valence-electron chi connectivity index (χ4n) is 1.14. The first-order valence-electron chi connectivity index (χ1n) is 4.68. The number of ether oxygens (including phenoxy) is 1. The molecular weight excluding hydrogens is 266 g/mol. The van der Waals surface area contributed by atoms with Crippen molar-refractivity contribution in [1.29, 1.82) is 0 Å². The number of methoxy groups -OCH3 is 1. The topological polar surface area (TPSA) is 123 Å². The van der Waals surface area contributed by atoms with Gasteiger partial charge in [-0.25, -0.2) is 13.2 Å². The number of furan rings is 1. The molecule has 0 fully saturated rings. The zero-order valence-corrected chi connectivity index (χ0v) is 10.4. The summed E-state index contributed by atoms with van der Waals surface area (Å²) in [5.41, 5.74) is 0. The molecule has 0 aliphatic rings. The molecule has 0 amide bonds. The summed E-state index contributed by atoms with van der Waals surface area (Å²) in [5.74, 6) is -2.72. The van der Waals surface area contributed by atoms with Crippen LogP contribution in [0.1, 0.15) is 16.3 Å². The molecule has 8 nitrogen and oxygen atoms in total. The van der Waals surface area contributed by atoms with Crippen molar-refractivity contribution in [2.75, 3.05) is 13.7 Å². The molecule has 0 aliphatic heterocycles. The van der Waals surface area contributed by atoms with Gasteiger partial charge in [-0.3, -0.25) is 4.79 Å². The van der Waals surface area contributed by atoms with E-state index in [-0.39, 0.29) is 10.7 Å². The lowest BCUT2D eigenvalue weighted by Gasteiger charge is -2.03. The molecule has 9 heteroatoms. The molecule has 2 N–H and O–H groups in total. The summed E-state index contributed by atoms with van der Waals surface area (Å²) in [6.07, 6.45) is 0. The first-order valence-corrected chi connectivity index (χ1v) is 6.16. The van der Waals surface area contributed by atoms with E-state index in [0.29, 0.717) is 0 Å². The van der Waals surface area contributed by atoms with Crippen LogP contribution >= 0.6 is 0 Å². The second-order valence-corrected chi connectivity index (χ2v) is 4.97. The molecule has 1 aromatic heterocycles. The minimum Gasteiger partial charge on any atom is -0.475 e. The molecule has 0 saturated carbocycles. The van der Waals surface area contributed by atoms with Crippen LogP contribution in [0.5, 0.6) is 0 Å². The van der Waals surface area contributed by atoms with Crippen LogP contribution in [0.15, 0.2) is 15.4 Å². The molecule has 0 radical (unpaired) electrons. The van der Waals surface area contributed by atoms with Gasteiger partial charge in [0.05, 0.1) is 7.11 Å². The predicted molar refractivity (Wildman–Crippen MR) is 57.6 cm³/mol. The number of carboxylic acid groups (broad SMARTS) is 1. The van der Waals surface area contributed by atoms with Gasteiger partial charge < -0.3 is 14.3 Å². The number of aryl methyl sites for hydroxylation is 1. The highest BCUT2D eigenvalue weighted by Gasteiger charge is 2.24. The van der Waals surface area contributed by atoms with E-state index < -0.39 is 34.3 Å². The average Bonchev–Trinajstić information content (AvgIpc) is 2.69. The number of rotatable bonds is 5. The van der Waals surface area contributed by atoms with E-state index in [0.717, 1.165) is 13.2 Å². The van der Waals surface area contributed by atoms with Gasteiger partial charge in [-0.05, 0) is 6.92 Å². The van der Waals surface area contributed by atoms with Crippen molar-refractivity contribution < 1.29 is 32.3 Å². The molecule has 1 aromatic rings. The SMILES string of the molecule is COC(=O)CNS(=O)(=O)c1cc(C(=O)O)oc1C. The highest BCUT2D eigenvalue weighted by atomic mass is 32.2. The quantitative estimate of drug-likeness (QED) is 0.710. The monoisotopic (exact) mass is 277 g/mol. The summed E-state index contributed by atoms with van der Waals surface area (Å²) in [7, 11) is -2.90. The third-order valence-electron chi connectivity index (χ3n) is 2.01. The van der Waals surface area contributed by atoms with Crippen LogP contribution in [0.3, 0.4) is 0 Å². The Labute approximate surface area is 103 Å². The molecule has 0 unspecified atom stereocenters. The molecular formula is C9H11NO7S. The minimum absolute atomic E-state index is 0.0789. The Morgan fingerprint density at radius 3 is 2.56 bits per heavy atom. The van der Waals surface area contributed by atoms with Crippen molar-refractivity contribution in [3.63, 3.8) is 0 Å². The van der Waals surface area contributed by atoms with E-state index in [4.69, 9.17) is 9.52 Å². The van der Waals surface area contributed by atoms with Crippen molar-refractivity contribution >= 4 is 22.0 Å². The summed E-state index contributed by atoms with van der Waals surface area (Å²) < 4.78 is 34.5. The molecule has 1 rings (SSSR count). The normalized spacial score (nSPS) is 11.2. The van der Waals surface area contributed by atoms with Crippen molar-refractivity contribution in [3.05, 3.63) is 17.6 Å². The Hall–Kier alpha value is -1.87. The van der Waals surface area contributed by atoms with Crippen LogP contribution < -0.4 is 4.72 Å². The summed E-state index contributed by atoms with van der Waals surface area (Å²) in [6.45, 7) is 0.755. The van der Waals surface area contributed by atoms with Crippen LogP contribution in [0.25, 0.3) is 0 Å². The first kappa shape index (κ1) is 14.2. The van der Waals surface area contributed by atoms with Gasteiger partial charge >= 0.3 is 11.9 Å². The van der Waals surface area contributed by atoms with Gasteiger partial charge in [-0.15, -0.1) is 0 Å². The van der Waals surface area contributed by atoms with Crippen LogP contribution in [0, 0.1) is 6.92 Å². The Bertz CT molecular complexity index is 572. The molecule has 0 aromatic carbocycles. The largest absolute Gasteiger partial charge is 0.475 e. The van der Waals surface area contributed by atoms with Gasteiger partial charge in [0.15, 0.2) is 0 Å². The molecule has 1 heterocycles. The molecule has 0 atom stereocenters. The number of sulfonamides is 1. The maximum Gasteiger partial charge on any atom is 0.371 e. The molecule has 0 bridgehead atoms. The number of nitrogens with one attached hydrogen (secondary N) is 1. The summed E-state index contributed by atoms with van der Waals surface area (Å²) >= 11 is 0. The van der Waals surface area contributed by atoms with Crippen LogP contribution in [-0.4, -0.2) is 39.1 Å². The van der Waals surface area contributed by atoms with E-state index in [1.165, 1.54) is 6.92 Å². The van der Waals surface area contributed by atoms with E-state index in [1.807, 2.05) is 4.72 Å². The number of aromatic carboxylic acids is 1. The summed E-state index contributed by atoms with van der Waals surface area (Å²) in [6, 6.07) is 0.872. The highest BCUT2D eigenvalue weighted by Crippen LogP contribution is 2.19. The molecule has 0 aliphatic carbocycles. The number of carboxylic acids is 1. The third kappa shape index (κ3) is 3.08. The average molecular weight is 277 g/mol. The number of hydrogen-bond acceptors (Lipinski definition) is 6. The van der Waals surface area contributed by atoms with E-state index in [9.17, 15) is 18.0 Å². The predicted octanol–water partition coefficient (Wildman–Crippen LogP) is -0.262. The second-order valence-electron chi connectivity index (χ2n) is 3.24. The van der Waals surface area contributed by atoms with Gasteiger partial charge in [-0.2, -0.15) is 4.72 Å². The van der Waals surface area contributed by atoms with Crippen molar-refractivity contribution in [1.82, 2.24) is 4.72 Å².